The Morgan fingerprint density at radius 1 is 1.15 bits per heavy atom. The molecular formula is C24H24F2N2O5S. The van der Waals surface area contributed by atoms with Crippen molar-refractivity contribution in [3.63, 3.8) is 0 Å². The third-order valence-electron chi connectivity index (χ3n) is 5.09. The first-order chi connectivity index (χ1) is 16.3. The third kappa shape index (κ3) is 6.57. The molecule has 0 radical (unpaired) electrons. The van der Waals surface area contributed by atoms with Gasteiger partial charge >= 0.3 is 6.61 Å². The molecule has 1 fully saturated rings. The van der Waals surface area contributed by atoms with Crippen LogP contribution >= 0.6 is 11.8 Å². The molecule has 7 nitrogen and oxygen atoms in total. The number of carbonyl (C=O) groups is 3. The number of rotatable bonds is 10. The first kappa shape index (κ1) is 25.2. The van der Waals surface area contributed by atoms with Gasteiger partial charge in [-0.3, -0.25) is 19.3 Å². The van der Waals surface area contributed by atoms with E-state index >= 15 is 0 Å². The number of hydrogen-bond acceptors (Lipinski definition) is 6. The minimum absolute atomic E-state index is 0.0378. The minimum atomic E-state index is -3.00. The lowest BCUT2D eigenvalue weighted by Crippen LogP contribution is -2.37. The number of benzene rings is 2. The Hall–Kier alpha value is -3.40. The van der Waals surface area contributed by atoms with E-state index in [0.29, 0.717) is 12.0 Å². The van der Waals surface area contributed by atoms with Crippen LogP contribution in [0, 0.1) is 0 Å². The number of imide groups is 1. The van der Waals surface area contributed by atoms with Gasteiger partial charge in [-0.05, 0) is 47.0 Å². The molecule has 0 aliphatic carbocycles. The van der Waals surface area contributed by atoms with Crippen LogP contribution in [-0.2, 0) is 9.59 Å². The molecule has 1 atom stereocenters. The summed E-state index contributed by atoms with van der Waals surface area (Å²) >= 11 is 0.765. The molecule has 0 bridgehead atoms. The van der Waals surface area contributed by atoms with E-state index in [0.717, 1.165) is 22.2 Å². The average Bonchev–Trinajstić information content (AvgIpc) is 3.07. The molecule has 1 unspecified atom stereocenters. The Kier molecular flexibility index (Phi) is 8.64. The standard InChI is InChI=1S/C24H24F2N2O5S/c1-15(17-6-4-3-5-7-17)12-21(29)27-10-11-28-22(30)20(34-24(28)31)14-16-8-9-18(33-23(25)26)19(13-16)32-2/h3-9,13-15,23H,10-12H2,1-2H3,(H,27,29)/b20-14-. The molecule has 10 heteroatoms. The van der Waals surface area contributed by atoms with Crippen LogP contribution in [0.3, 0.4) is 0 Å². The van der Waals surface area contributed by atoms with Crippen molar-refractivity contribution in [1.82, 2.24) is 10.2 Å². The maximum atomic E-state index is 12.7. The number of ether oxygens (including phenoxy) is 2. The maximum absolute atomic E-state index is 12.7. The van der Waals surface area contributed by atoms with Crippen molar-refractivity contribution in [1.29, 1.82) is 0 Å². The predicted molar refractivity (Wildman–Crippen MR) is 125 cm³/mol. The highest BCUT2D eigenvalue weighted by atomic mass is 32.2. The van der Waals surface area contributed by atoms with Crippen LogP contribution in [0.15, 0.2) is 53.4 Å². The highest BCUT2D eigenvalue weighted by Gasteiger charge is 2.34. The van der Waals surface area contributed by atoms with Gasteiger partial charge in [-0.2, -0.15) is 8.78 Å². The number of halogens is 2. The fourth-order valence-electron chi connectivity index (χ4n) is 3.37. The number of nitrogens with one attached hydrogen (secondary N) is 1. The van der Waals surface area contributed by atoms with Gasteiger partial charge in [0.2, 0.25) is 5.91 Å². The van der Waals surface area contributed by atoms with Crippen molar-refractivity contribution in [3.8, 4) is 11.5 Å². The summed E-state index contributed by atoms with van der Waals surface area (Å²) in [6.07, 6.45) is 1.76. The molecule has 3 rings (SSSR count). The van der Waals surface area contributed by atoms with Gasteiger partial charge < -0.3 is 14.8 Å². The number of nitrogens with zero attached hydrogens (tertiary/aromatic N) is 1. The van der Waals surface area contributed by atoms with Gasteiger partial charge in [0.05, 0.1) is 12.0 Å². The molecule has 1 heterocycles. The van der Waals surface area contributed by atoms with Gasteiger partial charge in [-0.1, -0.05) is 43.3 Å². The normalized spacial score (nSPS) is 15.7. The lowest BCUT2D eigenvalue weighted by Gasteiger charge is -2.15. The van der Waals surface area contributed by atoms with Crippen LogP contribution in [0.5, 0.6) is 11.5 Å². The molecule has 1 N–H and O–H groups in total. The van der Waals surface area contributed by atoms with Crippen LogP contribution in [0.4, 0.5) is 13.6 Å². The fraction of sp³-hybridized carbons (Fsp3) is 0.292. The molecular weight excluding hydrogens is 466 g/mol. The number of thioether (sulfide) groups is 1. The Morgan fingerprint density at radius 2 is 1.88 bits per heavy atom. The van der Waals surface area contributed by atoms with Crippen LogP contribution in [0.1, 0.15) is 30.4 Å². The molecule has 3 amide bonds. The second kappa shape index (κ2) is 11.6. The van der Waals surface area contributed by atoms with E-state index in [1.165, 1.54) is 31.4 Å². The first-order valence-corrected chi connectivity index (χ1v) is 11.3. The van der Waals surface area contributed by atoms with Crippen LogP contribution in [0.25, 0.3) is 6.08 Å². The van der Waals surface area contributed by atoms with Gasteiger partial charge in [0.1, 0.15) is 0 Å². The van der Waals surface area contributed by atoms with E-state index in [9.17, 15) is 23.2 Å². The zero-order valence-electron chi connectivity index (χ0n) is 18.6. The molecule has 180 valence electrons. The summed E-state index contributed by atoms with van der Waals surface area (Å²) in [4.78, 5) is 38.5. The highest BCUT2D eigenvalue weighted by Crippen LogP contribution is 2.34. The topological polar surface area (TPSA) is 84.9 Å². The lowest BCUT2D eigenvalue weighted by molar-refractivity contribution is -0.124. The number of carbonyl (C=O) groups excluding carboxylic acids is 3. The summed E-state index contributed by atoms with van der Waals surface area (Å²) in [5.74, 6) is -0.692. The summed E-state index contributed by atoms with van der Waals surface area (Å²) in [6.45, 7) is -0.868. The number of hydrogen-bond donors (Lipinski definition) is 1. The summed E-state index contributed by atoms with van der Waals surface area (Å²) in [7, 11) is 1.31. The molecule has 0 saturated carbocycles. The lowest BCUT2D eigenvalue weighted by atomic mass is 9.98. The third-order valence-corrected chi connectivity index (χ3v) is 6.00. The van der Waals surface area contributed by atoms with E-state index in [1.807, 2.05) is 37.3 Å². The maximum Gasteiger partial charge on any atom is 0.387 e. The van der Waals surface area contributed by atoms with Gasteiger partial charge in [-0.15, -0.1) is 0 Å². The summed E-state index contributed by atoms with van der Waals surface area (Å²) in [6, 6.07) is 13.9. The van der Waals surface area contributed by atoms with E-state index < -0.39 is 17.8 Å². The Labute approximate surface area is 200 Å². The molecule has 34 heavy (non-hydrogen) atoms. The summed E-state index contributed by atoms with van der Waals surface area (Å²) < 4.78 is 34.4. The Balaban J connectivity index is 1.56. The van der Waals surface area contributed by atoms with E-state index in [1.54, 1.807) is 0 Å². The van der Waals surface area contributed by atoms with Gasteiger partial charge in [0, 0.05) is 19.5 Å². The molecule has 1 aliphatic rings. The van der Waals surface area contributed by atoms with Crippen molar-refractivity contribution in [2.75, 3.05) is 20.2 Å². The van der Waals surface area contributed by atoms with E-state index in [4.69, 9.17) is 4.74 Å². The predicted octanol–water partition coefficient (Wildman–Crippen LogP) is 4.64. The summed E-state index contributed by atoms with van der Waals surface area (Å²) in [5, 5.41) is 2.30. The Morgan fingerprint density at radius 3 is 2.56 bits per heavy atom. The van der Waals surface area contributed by atoms with E-state index in [2.05, 4.69) is 10.1 Å². The van der Waals surface area contributed by atoms with Crippen molar-refractivity contribution in [2.24, 2.45) is 0 Å². The van der Waals surface area contributed by atoms with E-state index in [-0.39, 0.29) is 41.3 Å². The minimum Gasteiger partial charge on any atom is -0.493 e. The number of methoxy groups -OCH3 is 1. The Bertz CT molecular complexity index is 1080. The second-order valence-corrected chi connectivity index (χ2v) is 8.48. The zero-order valence-corrected chi connectivity index (χ0v) is 19.4. The van der Waals surface area contributed by atoms with Crippen molar-refractivity contribution in [3.05, 3.63) is 64.6 Å². The smallest absolute Gasteiger partial charge is 0.387 e. The molecule has 2 aromatic carbocycles. The van der Waals surface area contributed by atoms with Crippen molar-refractivity contribution < 1.29 is 32.6 Å². The molecule has 2 aromatic rings. The second-order valence-electron chi connectivity index (χ2n) is 7.49. The molecule has 1 saturated heterocycles. The highest BCUT2D eigenvalue weighted by molar-refractivity contribution is 8.18. The average molecular weight is 491 g/mol. The van der Waals surface area contributed by atoms with Crippen LogP contribution in [-0.4, -0.2) is 48.8 Å². The zero-order chi connectivity index (χ0) is 24.7. The van der Waals surface area contributed by atoms with Gasteiger partial charge in [0.25, 0.3) is 11.1 Å². The van der Waals surface area contributed by atoms with Crippen LogP contribution < -0.4 is 14.8 Å². The fourth-order valence-corrected chi connectivity index (χ4v) is 4.23. The van der Waals surface area contributed by atoms with Gasteiger partial charge in [-0.25, -0.2) is 0 Å². The first-order valence-electron chi connectivity index (χ1n) is 10.5. The summed E-state index contributed by atoms with van der Waals surface area (Å²) in [5.41, 5.74) is 1.53. The SMILES string of the molecule is COc1cc(/C=C2\SC(=O)N(CCNC(=O)CC(C)c3ccccc3)C2=O)ccc1OC(F)F. The van der Waals surface area contributed by atoms with Crippen LogP contribution in [0.2, 0.25) is 0 Å². The largest absolute Gasteiger partial charge is 0.493 e. The number of alkyl halides is 2. The quantitative estimate of drug-likeness (QED) is 0.489. The number of amides is 3. The molecule has 0 aromatic heterocycles. The molecule has 1 aliphatic heterocycles. The molecule has 0 spiro atoms. The van der Waals surface area contributed by atoms with Crippen molar-refractivity contribution in [2.45, 2.75) is 25.9 Å². The van der Waals surface area contributed by atoms with Gasteiger partial charge in [0.15, 0.2) is 11.5 Å². The van der Waals surface area contributed by atoms with Crippen molar-refractivity contribution >= 4 is 34.9 Å². The monoisotopic (exact) mass is 490 g/mol.